The zero-order chi connectivity index (χ0) is 19.2. The van der Waals surface area contributed by atoms with Crippen molar-refractivity contribution in [2.75, 3.05) is 27.0 Å². The average Bonchev–Trinajstić information content (AvgIpc) is 2.91. The largest absolute Gasteiger partial charge is 0.493 e. The highest BCUT2D eigenvalue weighted by molar-refractivity contribution is 7.99. The van der Waals surface area contributed by atoms with Crippen LogP contribution in [0.1, 0.15) is 30.7 Å². The summed E-state index contributed by atoms with van der Waals surface area (Å²) in [7, 11) is 5.02. The summed E-state index contributed by atoms with van der Waals surface area (Å²) in [6.07, 6.45) is 4.50. The number of nitrogens with zero attached hydrogens (tertiary/aromatic N) is 4. The summed E-state index contributed by atoms with van der Waals surface area (Å²) in [4.78, 5) is 14.3. The summed E-state index contributed by atoms with van der Waals surface area (Å²) in [5, 5.41) is 9.40. The molecule has 0 saturated carbocycles. The van der Waals surface area contributed by atoms with E-state index in [2.05, 4.69) is 14.8 Å². The first-order chi connectivity index (χ1) is 13.1. The number of fused-ring (bicyclic) bond motifs is 1. The lowest BCUT2D eigenvalue weighted by Gasteiger charge is -2.18. The van der Waals surface area contributed by atoms with Crippen molar-refractivity contribution >= 4 is 17.7 Å². The lowest BCUT2D eigenvalue weighted by atomic mass is 10.2. The van der Waals surface area contributed by atoms with Gasteiger partial charge in [0.25, 0.3) is 0 Å². The third-order valence-electron chi connectivity index (χ3n) is 4.69. The van der Waals surface area contributed by atoms with Crippen LogP contribution in [-0.2, 0) is 24.3 Å². The second kappa shape index (κ2) is 9.12. The van der Waals surface area contributed by atoms with Crippen molar-refractivity contribution in [2.24, 2.45) is 0 Å². The number of carbonyl (C=O) groups is 1. The van der Waals surface area contributed by atoms with Gasteiger partial charge in [0.05, 0.1) is 20.0 Å². The molecule has 0 unspecified atom stereocenters. The van der Waals surface area contributed by atoms with Gasteiger partial charge in [0, 0.05) is 26.6 Å². The highest BCUT2D eigenvalue weighted by atomic mass is 32.2. The van der Waals surface area contributed by atoms with E-state index < -0.39 is 0 Å². The number of carbonyl (C=O) groups excluding carboxylic acids is 1. The highest BCUT2D eigenvalue weighted by Crippen LogP contribution is 2.28. The van der Waals surface area contributed by atoms with E-state index >= 15 is 0 Å². The number of aromatic nitrogens is 3. The second-order valence-electron chi connectivity index (χ2n) is 6.59. The van der Waals surface area contributed by atoms with Crippen LogP contribution in [0.3, 0.4) is 0 Å². The molecule has 8 heteroatoms. The van der Waals surface area contributed by atoms with Crippen molar-refractivity contribution in [2.45, 2.75) is 43.9 Å². The maximum Gasteiger partial charge on any atom is 0.233 e. The number of ether oxygens (including phenoxy) is 2. The van der Waals surface area contributed by atoms with Crippen LogP contribution in [0.4, 0.5) is 0 Å². The smallest absolute Gasteiger partial charge is 0.233 e. The van der Waals surface area contributed by atoms with Gasteiger partial charge in [-0.1, -0.05) is 24.2 Å². The van der Waals surface area contributed by atoms with Gasteiger partial charge in [0.15, 0.2) is 16.7 Å². The molecule has 1 aliphatic heterocycles. The van der Waals surface area contributed by atoms with E-state index in [0.717, 1.165) is 42.4 Å². The number of thioether (sulfide) groups is 1. The van der Waals surface area contributed by atoms with E-state index in [-0.39, 0.29) is 5.91 Å². The molecule has 3 rings (SSSR count). The fourth-order valence-electron chi connectivity index (χ4n) is 3.14. The first kappa shape index (κ1) is 19.5. The summed E-state index contributed by atoms with van der Waals surface area (Å²) in [6.45, 7) is 1.46. The number of aryl methyl sites for hydroxylation is 1. The maximum absolute atomic E-state index is 12.5. The third kappa shape index (κ3) is 4.74. The SMILES string of the molecule is COc1ccc(CN(C)C(=O)CSc2nnc3n2CCCCC3)cc1OC. The minimum atomic E-state index is 0.0563. The van der Waals surface area contributed by atoms with Crippen molar-refractivity contribution in [3.05, 3.63) is 29.6 Å². The maximum atomic E-state index is 12.5. The molecule has 7 nitrogen and oxygen atoms in total. The minimum absolute atomic E-state index is 0.0563. The molecule has 0 fully saturated rings. The molecule has 1 aromatic heterocycles. The fourth-order valence-corrected chi connectivity index (χ4v) is 4.07. The van der Waals surface area contributed by atoms with E-state index in [1.807, 2.05) is 25.2 Å². The number of rotatable bonds is 7. The minimum Gasteiger partial charge on any atom is -0.493 e. The molecule has 0 aliphatic carbocycles. The number of amides is 1. The Hall–Kier alpha value is -2.22. The zero-order valence-corrected chi connectivity index (χ0v) is 16.9. The molecule has 27 heavy (non-hydrogen) atoms. The standard InChI is InChI=1S/C19H26N4O3S/c1-22(12-14-8-9-15(25-2)16(11-14)26-3)18(24)13-27-19-21-20-17-7-5-4-6-10-23(17)19/h8-9,11H,4-7,10,12-13H2,1-3H3. The lowest BCUT2D eigenvalue weighted by molar-refractivity contribution is -0.127. The molecule has 2 aromatic rings. The Morgan fingerprint density at radius 2 is 2.00 bits per heavy atom. The van der Waals surface area contributed by atoms with Gasteiger partial charge in [-0.2, -0.15) is 0 Å². The topological polar surface area (TPSA) is 69.5 Å². The van der Waals surface area contributed by atoms with Crippen molar-refractivity contribution in [1.29, 1.82) is 0 Å². The summed E-state index contributed by atoms with van der Waals surface area (Å²) >= 11 is 1.47. The van der Waals surface area contributed by atoms with Gasteiger partial charge in [0.1, 0.15) is 5.82 Å². The number of methoxy groups -OCH3 is 2. The number of hydrogen-bond donors (Lipinski definition) is 0. The molecule has 0 spiro atoms. The predicted molar refractivity (Wildman–Crippen MR) is 104 cm³/mol. The molecule has 0 radical (unpaired) electrons. The average molecular weight is 391 g/mol. The summed E-state index contributed by atoms with van der Waals surface area (Å²) in [5.74, 6) is 2.79. The van der Waals surface area contributed by atoms with Crippen LogP contribution in [-0.4, -0.2) is 52.6 Å². The van der Waals surface area contributed by atoms with Crippen LogP contribution in [0.2, 0.25) is 0 Å². The Kier molecular flexibility index (Phi) is 6.60. The number of hydrogen-bond acceptors (Lipinski definition) is 6. The van der Waals surface area contributed by atoms with E-state index in [4.69, 9.17) is 9.47 Å². The monoisotopic (exact) mass is 390 g/mol. The molecule has 0 atom stereocenters. The molecule has 0 N–H and O–H groups in total. The molecule has 0 bridgehead atoms. The summed E-state index contributed by atoms with van der Waals surface area (Å²) in [6, 6.07) is 5.69. The first-order valence-electron chi connectivity index (χ1n) is 9.12. The van der Waals surface area contributed by atoms with Gasteiger partial charge in [-0.15, -0.1) is 10.2 Å². The van der Waals surface area contributed by atoms with Gasteiger partial charge in [-0.25, -0.2) is 0 Å². The molecular formula is C19H26N4O3S. The summed E-state index contributed by atoms with van der Waals surface area (Å²) in [5.41, 5.74) is 0.991. The Bertz CT molecular complexity index is 793. The number of benzene rings is 1. The predicted octanol–water partition coefficient (Wildman–Crippen LogP) is 2.77. The summed E-state index contributed by atoms with van der Waals surface area (Å²) < 4.78 is 12.7. The van der Waals surface area contributed by atoms with Crippen molar-refractivity contribution in [3.8, 4) is 11.5 Å². The second-order valence-corrected chi connectivity index (χ2v) is 7.53. The Balaban J connectivity index is 1.58. The van der Waals surface area contributed by atoms with Crippen LogP contribution in [0, 0.1) is 0 Å². The zero-order valence-electron chi connectivity index (χ0n) is 16.1. The fraction of sp³-hybridized carbons (Fsp3) is 0.526. The van der Waals surface area contributed by atoms with Gasteiger partial charge in [0.2, 0.25) is 5.91 Å². The molecule has 1 aromatic carbocycles. The van der Waals surface area contributed by atoms with Gasteiger partial charge >= 0.3 is 0 Å². The Morgan fingerprint density at radius 1 is 1.19 bits per heavy atom. The van der Waals surface area contributed by atoms with Crippen LogP contribution in [0.5, 0.6) is 11.5 Å². The van der Waals surface area contributed by atoms with E-state index in [1.54, 1.807) is 19.1 Å². The quantitative estimate of drug-likeness (QED) is 0.677. The van der Waals surface area contributed by atoms with Crippen molar-refractivity contribution in [3.63, 3.8) is 0 Å². The Labute approximate surface area is 164 Å². The highest BCUT2D eigenvalue weighted by Gasteiger charge is 2.17. The molecule has 2 heterocycles. The van der Waals surface area contributed by atoms with Crippen molar-refractivity contribution < 1.29 is 14.3 Å². The third-order valence-corrected chi connectivity index (χ3v) is 5.65. The van der Waals surface area contributed by atoms with Crippen LogP contribution in [0.15, 0.2) is 23.4 Å². The first-order valence-corrected chi connectivity index (χ1v) is 10.1. The van der Waals surface area contributed by atoms with E-state index in [1.165, 1.54) is 18.2 Å². The van der Waals surface area contributed by atoms with Crippen LogP contribution in [0.25, 0.3) is 0 Å². The van der Waals surface area contributed by atoms with Gasteiger partial charge < -0.3 is 18.9 Å². The molecule has 1 amide bonds. The normalized spacial score (nSPS) is 13.6. The van der Waals surface area contributed by atoms with E-state index in [9.17, 15) is 4.79 Å². The lowest BCUT2D eigenvalue weighted by Crippen LogP contribution is -2.28. The van der Waals surface area contributed by atoms with Gasteiger partial charge in [-0.05, 0) is 30.5 Å². The molecule has 0 saturated heterocycles. The van der Waals surface area contributed by atoms with Crippen LogP contribution >= 0.6 is 11.8 Å². The van der Waals surface area contributed by atoms with E-state index in [0.29, 0.717) is 23.8 Å². The Morgan fingerprint density at radius 3 is 2.78 bits per heavy atom. The van der Waals surface area contributed by atoms with Gasteiger partial charge in [-0.3, -0.25) is 4.79 Å². The van der Waals surface area contributed by atoms with Crippen molar-refractivity contribution in [1.82, 2.24) is 19.7 Å². The molecule has 146 valence electrons. The van der Waals surface area contributed by atoms with Crippen LogP contribution < -0.4 is 9.47 Å². The molecular weight excluding hydrogens is 364 g/mol. The molecule has 1 aliphatic rings.